The van der Waals surface area contributed by atoms with Crippen LogP contribution in [0.1, 0.15) is 23.0 Å². The zero-order chi connectivity index (χ0) is 55.7. The minimum Gasteiger partial charge on any atom is -0.455 e. The second-order valence-electron chi connectivity index (χ2n) is 20.7. The van der Waals surface area contributed by atoms with Crippen molar-refractivity contribution < 1.29 is 17.7 Å². The number of para-hydroxylation sites is 3. The van der Waals surface area contributed by atoms with Crippen molar-refractivity contribution in [3.05, 3.63) is 228 Å². The summed E-state index contributed by atoms with van der Waals surface area (Å²) < 4.78 is 26.5. The summed E-state index contributed by atoms with van der Waals surface area (Å²) in [6.07, 6.45) is 0. The molecule has 384 valence electrons. The van der Waals surface area contributed by atoms with Gasteiger partial charge in [-0.15, -0.1) is 0 Å². The van der Waals surface area contributed by atoms with Crippen LogP contribution in [0.15, 0.2) is 218 Å². The molecule has 17 rings (SSSR count). The van der Waals surface area contributed by atoms with Gasteiger partial charge in [-0.2, -0.15) is 15.8 Å². The molecule has 0 N–H and O–H groups in total. The van der Waals surface area contributed by atoms with Gasteiger partial charge < -0.3 is 17.7 Å². The molecule has 0 saturated heterocycles. The molecule has 0 unspecified atom stereocenters. The second-order valence-corrected chi connectivity index (χ2v) is 20.7. The predicted octanol–water partition coefficient (Wildman–Crippen LogP) is 18.6. The molecule has 12 nitrogen and oxygen atoms in total. The van der Waals surface area contributed by atoms with Crippen LogP contribution in [0.4, 0.5) is 5.69 Å². The number of hydrogen-bond donors (Lipinski definition) is 0. The number of nitriles is 3. The van der Waals surface area contributed by atoms with Gasteiger partial charge in [-0.3, -0.25) is 0 Å². The Morgan fingerprint density at radius 3 is 1.52 bits per heavy atom. The Bertz CT molecular complexity index is 5960. The van der Waals surface area contributed by atoms with Gasteiger partial charge in [-0.05, 0) is 102 Å². The van der Waals surface area contributed by atoms with Gasteiger partial charge in [-0.25, -0.2) is 19.9 Å². The Kier molecular flexibility index (Phi) is 9.82. The van der Waals surface area contributed by atoms with Crippen LogP contribution < -0.4 is 0 Å². The molecule has 0 bridgehead atoms. The zero-order valence-corrected chi connectivity index (χ0v) is 43.8. The first-order valence-corrected chi connectivity index (χ1v) is 27.0. The van der Waals surface area contributed by atoms with Crippen molar-refractivity contribution in [2.24, 2.45) is 0 Å². The number of furan rings is 4. The SMILES string of the molecule is N#Cc1nc(C#N)c2oc3c(-c4cccc5c4oc4ccccc45)cc(-c4cccc5c4oc4ccc([N+]#Cc6nc(C#N)c7oc8c(-c9ccc%10c%11ccccc%11c%11ccccc%11c%10c9)cc(-c9ccccc9)cc8c7n6)cc45)cc3c2n1. The maximum Gasteiger partial charge on any atom is 0.362 e. The maximum absolute atomic E-state index is 10.7. The molecule has 0 aliphatic rings. The van der Waals surface area contributed by atoms with Gasteiger partial charge in [0.05, 0.1) is 0 Å². The lowest BCUT2D eigenvalue weighted by Crippen LogP contribution is -1.93. The number of benzene rings is 11. The molecule has 0 spiro atoms. The predicted molar refractivity (Wildman–Crippen MR) is 328 cm³/mol. The molecule has 0 amide bonds. The minimum atomic E-state index is -0.150. The van der Waals surface area contributed by atoms with E-state index in [0.29, 0.717) is 55.6 Å². The lowest BCUT2D eigenvalue weighted by atomic mass is 9.91. The van der Waals surface area contributed by atoms with Crippen molar-refractivity contribution in [2.45, 2.75) is 0 Å². The van der Waals surface area contributed by atoms with E-state index in [2.05, 4.69) is 124 Å². The van der Waals surface area contributed by atoms with Crippen LogP contribution in [0.5, 0.6) is 0 Å². The Hall–Kier alpha value is -12.5. The number of nitrogens with zero attached hydrogens (tertiary/aromatic N) is 8. The summed E-state index contributed by atoms with van der Waals surface area (Å²) in [5, 5.41) is 42.6. The summed E-state index contributed by atoms with van der Waals surface area (Å²) in [6.45, 7) is 0. The normalized spacial score (nSPS) is 11.7. The van der Waals surface area contributed by atoms with Crippen LogP contribution in [-0.4, -0.2) is 19.9 Å². The summed E-state index contributed by atoms with van der Waals surface area (Å²) in [5.74, 6) is -0.0370. The highest BCUT2D eigenvalue weighted by molar-refractivity contribution is 6.26. The number of hydrogen-bond acceptors (Lipinski definition) is 11. The number of aromatic nitrogens is 4. The topological polar surface area (TPSA) is 180 Å². The number of fused-ring (bicyclic) bond motifs is 18. The van der Waals surface area contributed by atoms with Crippen LogP contribution in [0, 0.1) is 40.1 Å². The van der Waals surface area contributed by atoms with Crippen molar-refractivity contribution in [1.82, 2.24) is 19.9 Å². The molecule has 0 radical (unpaired) electrons. The van der Waals surface area contributed by atoms with E-state index < -0.39 is 0 Å². The van der Waals surface area contributed by atoms with E-state index in [-0.39, 0.29) is 34.2 Å². The Labute approximate surface area is 474 Å². The molecule has 0 aliphatic carbocycles. The molecule has 11 aromatic carbocycles. The Balaban J connectivity index is 0.802. The first-order valence-electron chi connectivity index (χ1n) is 27.0. The first kappa shape index (κ1) is 46.4. The highest BCUT2D eigenvalue weighted by Crippen LogP contribution is 2.47. The molecule has 12 heteroatoms. The maximum atomic E-state index is 10.7. The van der Waals surface area contributed by atoms with Crippen molar-refractivity contribution >= 4 is 126 Å². The molecule has 17 aromatic rings. The summed E-state index contributed by atoms with van der Waals surface area (Å²) in [6, 6.07) is 76.8. The molecular formula is C72H33N8O4+. The quantitative estimate of drug-likeness (QED) is 0.153. The third kappa shape index (κ3) is 6.90. The molecule has 6 aromatic heterocycles. The van der Waals surface area contributed by atoms with Gasteiger partial charge in [-0.1, -0.05) is 146 Å². The van der Waals surface area contributed by atoms with Gasteiger partial charge in [0.15, 0.2) is 22.6 Å². The third-order valence-corrected chi connectivity index (χ3v) is 16.1. The van der Waals surface area contributed by atoms with Crippen molar-refractivity contribution in [2.75, 3.05) is 0 Å². The van der Waals surface area contributed by atoms with Crippen molar-refractivity contribution in [3.8, 4) is 68.8 Å². The summed E-state index contributed by atoms with van der Waals surface area (Å²) >= 11 is 0. The molecule has 84 heavy (non-hydrogen) atoms. The van der Waals surface area contributed by atoms with E-state index in [0.717, 1.165) is 87.6 Å². The largest absolute Gasteiger partial charge is 0.455 e. The first-order chi connectivity index (χ1) is 41.5. The van der Waals surface area contributed by atoms with Crippen LogP contribution in [-0.2, 0) is 0 Å². The second kappa shape index (κ2) is 17.8. The minimum absolute atomic E-state index is 0.0445. The van der Waals surface area contributed by atoms with E-state index >= 15 is 0 Å². The summed E-state index contributed by atoms with van der Waals surface area (Å²) in [7, 11) is 0. The fourth-order valence-corrected chi connectivity index (χ4v) is 12.3. The molecule has 0 fully saturated rings. The fourth-order valence-electron chi connectivity index (χ4n) is 12.3. The summed E-state index contributed by atoms with van der Waals surface area (Å²) in [4.78, 5) is 23.2. The molecular weight excluding hydrogens is 1040 g/mol. The van der Waals surface area contributed by atoms with E-state index in [1.54, 1.807) is 0 Å². The molecule has 0 atom stereocenters. The average molecular weight is 1070 g/mol. The lowest BCUT2D eigenvalue weighted by Gasteiger charge is -2.13. The molecule has 6 heterocycles. The molecule has 0 saturated carbocycles. The van der Waals surface area contributed by atoms with E-state index in [4.69, 9.17) is 27.5 Å². The smallest absolute Gasteiger partial charge is 0.362 e. The van der Waals surface area contributed by atoms with Crippen LogP contribution in [0.3, 0.4) is 0 Å². The van der Waals surface area contributed by atoms with Gasteiger partial charge in [0.1, 0.15) is 62.7 Å². The van der Waals surface area contributed by atoms with E-state index in [1.165, 1.54) is 16.2 Å². The van der Waals surface area contributed by atoms with Crippen LogP contribution in [0.25, 0.3) is 170 Å². The standard InChI is InChI=1S/C72H33N8O4/c73-34-59-71-65(79-63(36-75)77-59)58-32-41(31-56(70(58)84-71)52-22-11-20-50-49-18-8-9-23-61(49)81-68(50)52)43-19-10-21-51-55-33-42(25-27-62(55)82-67(43)51)76-37-64-78-60(35-74)72-66(80-64)57-30-40(38-12-2-1-3-13-38)29-53(69(57)83-72)39-24-26-48-46-16-5-4-14-44(46)45-15-6-7-17-47(45)54(48)28-39/h1-33H/q+1. The van der Waals surface area contributed by atoms with Crippen LogP contribution >= 0.6 is 0 Å². The van der Waals surface area contributed by atoms with Gasteiger partial charge in [0.25, 0.3) is 5.82 Å². The zero-order valence-electron chi connectivity index (χ0n) is 43.8. The molecule has 0 aliphatic heterocycles. The van der Waals surface area contributed by atoms with E-state index in [9.17, 15) is 15.8 Å². The lowest BCUT2D eigenvalue weighted by molar-refractivity contribution is 0.661. The summed E-state index contributed by atoms with van der Waals surface area (Å²) in [5.41, 5.74) is 12.2. The van der Waals surface area contributed by atoms with E-state index in [1.807, 2.05) is 115 Å². The van der Waals surface area contributed by atoms with Crippen molar-refractivity contribution in [3.63, 3.8) is 0 Å². The average Bonchev–Trinajstić information content (AvgIpc) is 3.49. The Morgan fingerprint density at radius 2 is 0.821 bits per heavy atom. The monoisotopic (exact) mass is 1070 g/mol. The number of rotatable bonds is 4. The highest BCUT2D eigenvalue weighted by Gasteiger charge is 2.26. The van der Waals surface area contributed by atoms with Crippen LogP contribution in [0.2, 0.25) is 0 Å². The fraction of sp³-hybridized carbons (Fsp3) is 0. The third-order valence-electron chi connectivity index (χ3n) is 16.1. The Morgan fingerprint density at radius 1 is 0.298 bits per heavy atom. The van der Waals surface area contributed by atoms with Gasteiger partial charge >= 0.3 is 11.8 Å². The van der Waals surface area contributed by atoms with Gasteiger partial charge in [0.2, 0.25) is 5.82 Å². The highest BCUT2D eigenvalue weighted by atomic mass is 16.3. The van der Waals surface area contributed by atoms with Crippen molar-refractivity contribution in [1.29, 1.82) is 15.8 Å². The van der Waals surface area contributed by atoms with Gasteiger partial charge in [0, 0.05) is 66.7 Å².